The number of H-pyrrole nitrogens is 1. The van der Waals surface area contributed by atoms with Crippen LogP contribution in [0.1, 0.15) is 74.5 Å². The molecular weight excluding hydrogens is 511 g/mol. The second-order valence-corrected chi connectivity index (χ2v) is 17.6. The van der Waals surface area contributed by atoms with Gasteiger partial charge in [0, 0.05) is 24.3 Å². The van der Waals surface area contributed by atoms with Crippen molar-refractivity contribution in [1.82, 2.24) is 14.2 Å². The van der Waals surface area contributed by atoms with Crippen molar-refractivity contribution in [3.63, 3.8) is 0 Å². The standard InChI is InChI=1S/C25H45N4O6PSi/c1-11-19-21(34-36(32-16-12-14-26)29(17(2)3)18(4)5)22(35-37(9,10)25(6,7)8)23(33-19)28-15-13-20(30)27-24(28)31/h13,15,17-19,21-23H,11-12,16H2,1-10H3,(H,27,30,31)/t19-,21-,22-,23-,36?/m1/s1. The van der Waals surface area contributed by atoms with Gasteiger partial charge in [0.25, 0.3) is 14.1 Å². The predicted molar refractivity (Wildman–Crippen MR) is 148 cm³/mol. The number of aromatic nitrogens is 2. The molecule has 0 bridgehead atoms. The van der Waals surface area contributed by atoms with Gasteiger partial charge in [0.2, 0.25) is 0 Å². The summed E-state index contributed by atoms with van der Waals surface area (Å²) in [5.41, 5.74) is -1.03. The van der Waals surface area contributed by atoms with Crippen molar-refractivity contribution in [1.29, 1.82) is 5.26 Å². The summed E-state index contributed by atoms with van der Waals surface area (Å²) in [6, 6.07) is 3.70. The molecule has 1 aliphatic rings. The molecule has 0 saturated carbocycles. The highest BCUT2D eigenvalue weighted by Gasteiger charge is 2.52. The van der Waals surface area contributed by atoms with E-state index >= 15 is 0 Å². The summed E-state index contributed by atoms with van der Waals surface area (Å²) in [5, 5.41) is 8.98. The lowest BCUT2D eigenvalue weighted by atomic mass is 10.1. The van der Waals surface area contributed by atoms with Crippen LogP contribution in [-0.4, -0.2) is 59.5 Å². The quantitative estimate of drug-likeness (QED) is 0.219. The molecule has 10 nitrogen and oxygen atoms in total. The zero-order valence-electron chi connectivity index (χ0n) is 24.0. The van der Waals surface area contributed by atoms with Crippen LogP contribution in [0, 0.1) is 11.3 Å². The molecule has 0 amide bonds. The van der Waals surface area contributed by atoms with Gasteiger partial charge in [0.05, 0.1) is 25.2 Å². The van der Waals surface area contributed by atoms with E-state index in [-0.39, 0.29) is 36.3 Å². The maximum absolute atomic E-state index is 12.8. The van der Waals surface area contributed by atoms with Crippen LogP contribution in [0.2, 0.25) is 18.1 Å². The molecule has 1 fully saturated rings. The molecule has 210 valence electrons. The van der Waals surface area contributed by atoms with Gasteiger partial charge in [0.15, 0.2) is 14.5 Å². The van der Waals surface area contributed by atoms with Gasteiger partial charge < -0.3 is 18.2 Å². The van der Waals surface area contributed by atoms with Crippen LogP contribution in [0.3, 0.4) is 0 Å². The molecule has 1 aromatic heterocycles. The fraction of sp³-hybridized carbons (Fsp3) is 0.800. The van der Waals surface area contributed by atoms with Crippen molar-refractivity contribution in [3.05, 3.63) is 33.1 Å². The molecule has 37 heavy (non-hydrogen) atoms. The molecule has 0 spiro atoms. The molecule has 5 atom stereocenters. The fourth-order valence-corrected chi connectivity index (χ4v) is 7.11. The van der Waals surface area contributed by atoms with Crippen molar-refractivity contribution < 1.29 is 18.2 Å². The first kappa shape index (κ1) is 31.8. The van der Waals surface area contributed by atoms with Gasteiger partial charge >= 0.3 is 5.69 Å². The number of aromatic amines is 1. The minimum absolute atomic E-state index is 0.0989. The van der Waals surface area contributed by atoms with Crippen LogP contribution >= 0.6 is 8.53 Å². The Bertz CT molecular complexity index is 1020. The van der Waals surface area contributed by atoms with Crippen molar-refractivity contribution in [3.8, 4) is 6.07 Å². The Balaban J connectivity index is 2.58. The van der Waals surface area contributed by atoms with Crippen LogP contribution in [0.25, 0.3) is 0 Å². The van der Waals surface area contributed by atoms with E-state index in [1.807, 2.05) is 6.92 Å². The summed E-state index contributed by atoms with van der Waals surface area (Å²) in [5.74, 6) is 0. The molecule has 0 aliphatic carbocycles. The third-order valence-electron chi connectivity index (χ3n) is 6.92. The molecule has 2 heterocycles. The number of hydrogen-bond donors (Lipinski definition) is 1. The molecule has 0 radical (unpaired) electrons. The summed E-state index contributed by atoms with van der Waals surface area (Å²) in [7, 11) is -3.91. The Hall–Kier alpha value is -1.38. The summed E-state index contributed by atoms with van der Waals surface area (Å²) in [4.78, 5) is 26.9. The topological polar surface area (TPSA) is 119 Å². The van der Waals surface area contributed by atoms with Gasteiger partial charge in [-0.2, -0.15) is 5.26 Å². The Morgan fingerprint density at radius 3 is 2.32 bits per heavy atom. The van der Waals surface area contributed by atoms with Crippen molar-refractivity contribution >= 4 is 16.8 Å². The Morgan fingerprint density at radius 2 is 1.84 bits per heavy atom. The van der Waals surface area contributed by atoms with Gasteiger partial charge in [-0.15, -0.1) is 0 Å². The molecule has 1 N–H and O–H groups in total. The minimum atomic E-state index is -2.35. The van der Waals surface area contributed by atoms with Crippen molar-refractivity contribution in [2.24, 2.45) is 0 Å². The zero-order valence-corrected chi connectivity index (χ0v) is 25.9. The molecule has 1 saturated heterocycles. The van der Waals surface area contributed by atoms with Crippen LogP contribution in [0.4, 0.5) is 0 Å². The number of ether oxygens (including phenoxy) is 1. The molecule has 2 rings (SSSR count). The molecule has 1 unspecified atom stereocenters. The largest absolute Gasteiger partial charge is 0.407 e. The average molecular weight is 557 g/mol. The van der Waals surface area contributed by atoms with Crippen LogP contribution in [0.5, 0.6) is 0 Å². The zero-order chi connectivity index (χ0) is 28.1. The van der Waals surface area contributed by atoms with E-state index in [4.69, 9.17) is 23.5 Å². The average Bonchev–Trinajstić information content (AvgIpc) is 3.09. The van der Waals surface area contributed by atoms with Crippen LogP contribution < -0.4 is 11.2 Å². The summed E-state index contributed by atoms with van der Waals surface area (Å²) < 4.78 is 29.8. The van der Waals surface area contributed by atoms with Crippen molar-refractivity contribution in [2.75, 3.05) is 6.61 Å². The highest BCUT2D eigenvalue weighted by molar-refractivity contribution is 7.44. The maximum atomic E-state index is 12.8. The highest BCUT2D eigenvalue weighted by atomic mass is 31.2. The lowest BCUT2D eigenvalue weighted by molar-refractivity contribution is -0.0373. The van der Waals surface area contributed by atoms with E-state index in [0.717, 1.165) is 0 Å². The second kappa shape index (κ2) is 13.1. The predicted octanol–water partition coefficient (Wildman–Crippen LogP) is 4.90. The molecule has 0 aromatic carbocycles. The summed E-state index contributed by atoms with van der Waals surface area (Å²) >= 11 is 0. The third-order valence-corrected chi connectivity index (χ3v) is 13.5. The lowest BCUT2D eigenvalue weighted by Gasteiger charge is -2.42. The number of nitriles is 1. The fourth-order valence-electron chi connectivity index (χ4n) is 4.06. The smallest absolute Gasteiger partial charge is 0.330 e. The number of rotatable bonds is 12. The maximum Gasteiger partial charge on any atom is 0.330 e. The normalized spacial score (nSPS) is 23.7. The Morgan fingerprint density at radius 1 is 1.22 bits per heavy atom. The van der Waals surface area contributed by atoms with Crippen LogP contribution in [0.15, 0.2) is 21.9 Å². The first-order chi connectivity index (χ1) is 17.1. The van der Waals surface area contributed by atoms with Gasteiger partial charge in [-0.3, -0.25) is 14.3 Å². The van der Waals surface area contributed by atoms with E-state index < -0.39 is 46.5 Å². The van der Waals surface area contributed by atoms with Gasteiger partial charge in [0.1, 0.15) is 12.2 Å². The lowest BCUT2D eigenvalue weighted by Crippen LogP contribution is -2.50. The molecule has 12 heteroatoms. The molecule has 1 aliphatic heterocycles. The highest BCUT2D eigenvalue weighted by Crippen LogP contribution is 2.51. The van der Waals surface area contributed by atoms with Gasteiger partial charge in [-0.1, -0.05) is 27.7 Å². The first-order valence-electron chi connectivity index (χ1n) is 13.0. The van der Waals surface area contributed by atoms with E-state index in [9.17, 15) is 9.59 Å². The van der Waals surface area contributed by atoms with E-state index in [1.54, 1.807) is 0 Å². The summed E-state index contributed by atoms with van der Waals surface area (Å²) in [6.45, 7) is 21.3. The first-order valence-corrected chi connectivity index (χ1v) is 17.1. The van der Waals surface area contributed by atoms with E-state index in [2.05, 4.69) is 77.3 Å². The van der Waals surface area contributed by atoms with E-state index in [1.165, 1.54) is 16.8 Å². The SMILES string of the molecule is CC[C@H]1O[C@@H](n2ccc(=O)[nH]c2=O)[C@H](O[Si](C)(C)C(C)(C)C)[C@@H]1OP(OCCC#N)N(C(C)C)C(C)C. The third kappa shape index (κ3) is 7.82. The Kier molecular flexibility index (Phi) is 11.3. The van der Waals surface area contributed by atoms with Gasteiger partial charge in [-0.25, -0.2) is 9.46 Å². The number of hydrogen-bond acceptors (Lipinski definition) is 8. The molecular formula is C25H45N4O6PSi. The Labute approximate surface area is 223 Å². The minimum Gasteiger partial charge on any atom is -0.407 e. The number of nitrogens with zero attached hydrogens (tertiary/aromatic N) is 3. The van der Waals surface area contributed by atoms with Crippen LogP contribution in [-0.2, 0) is 18.2 Å². The van der Waals surface area contributed by atoms with Crippen molar-refractivity contribution in [2.45, 2.75) is 123 Å². The summed E-state index contributed by atoms with van der Waals surface area (Å²) in [6.07, 6.45) is 0.0335. The molecule has 1 aromatic rings. The monoisotopic (exact) mass is 556 g/mol. The van der Waals surface area contributed by atoms with E-state index in [0.29, 0.717) is 6.42 Å². The van der Waals surface area contributed by atoms with Gasteiger partial charge in [-0.05, 0) is 52.2 Å². The second-order valence-electron chi connectivity index (χ2n) is 11.5. The number of nitrogens with one attached hydrogen (secondary N) is 1.